The molecule has 3 amide bonds. The molecule has 1 aliphatic rings. The molecule has 2 rings (SSSR count). The Bertz CT molecular complexity index is 906. The van der Waals surface area contributed by atoms with Crippen molar-refractivity contribution in [1.82, 2.24) is 20.9 Å². The van der Waals surface area contributed by atoms with Crippen molar-refractivity contribution in [2.45, 2.75) is 122 Å². The summed E-state index contributed by atoms with van der Waals surface area (Å²) in [4.78, 5) is 43.2. The molecule has 1 saturated carbocycles. The second kappa shape index (κ2) is 14.9. The fraction of sp³-hybridized carbons (Fsp3) is 0.786. The van der Waals surface area contributed by atoms with Crippen LogP contribution >= 0.6 is 11.3 Å². The van der Waals surface area contributed by atoms with Gasteiger partial charge in [-0.1, -0.05) is 32.1 Å². The lowest BCUT2D eigenvalue weighted by Crippen LogP contribution is -2.55. The molecule has 11 heteroatoms. The third-order valence-electron chi connectivity index (χ3n) is 7.01. The predicted octanol–water partition coefficient (Wildman–Crippen LogP) is 3.31. The molecule has 39 heavy (non-hydrogen) atoms. The van der Waals surface area contributed by atoms with Crippen molar-refractivity contribution < 1.29 is 29.3 Å². The Morgan fingerprint density at radius 3 is 2.31 bits per heavy atom. The molecule has 5 N–H and O–H groups in total. The molecule has 4 atom stereocenters. The van der Waals surface area contributed by atoms with Gasteiger partial charge in [-0.3, -0.25) is 9.59 Å². The van der Waals surface area contributed by atoms with Crippen LogP contribution in [0.5, 0.6) is 0 Å². The summed E-state index contributed by atoms with van der Waals surface area (Å²) in [5, 5.41) is 32.3. The van der Waals surface area contributed by atoms with E-state index in [9.17, 15) is 24.6 Å². The summed E-state index contributed by atoms with van der Waals surface area (Å²) in [7, 11) is 0. The molecule has 0 saturated heterocycles. The lowest BCUT2D eigenvalue weighted by molar-refractivity contribution is -0.135. The summed E-state index contributed by atoms with van der Waals surface area (Å²) in [6, 6.07) is -1.64. The van der Waals surface area contributed by atoms with Gasteiger partial charge in [0.15, 0.2) is 0 Å². The minimum atomic E-state index is -1.37. The third-order valence-corrected chi connectivity index (χ3v) is 7.64. The van der Waals surface area contributed by atoms with Gasteiger partial charge < -0.3 is 30.9 Å². The molecular weight excluding hydrogens is 520 g/mol. The fourth-order valence-electron chi connectivity index (χ4n) is 5.00. The maximum absolute atomic E-state index is 13.6. The SMILES string of the molecule is CCNC(=O)[C@@H](C[C@H](O)[C@H](CC1CCCCC1)NC(=O)[C@H](Cc1cscn1)NC(=O)OC(C)(C)C)C(C)(C)O. The van der Waals surface area contributed by atoms with Crippen LogP contribution in [0.2, 0.25) is 0 Å². The van der Waals surface area contributed by atoms with Crippen molar-refractivity contribution in [2.75, 3.05) is 6.54 Å². The number of amides is 3. The number of nitrogens with one attached hydrogen (secondary N) is 3. The van der Waals surface area contributed by atoms with Crippen LogP contribution in [-0.2, 0) is 20.7 Å². The van der Waals surface area contributed by atoms with Crippen LogP contribution < -0.4 is 16.0 Å². The van der Waals surface area contributed by atoms with Gasteiger partial charge in [0.25, 0.3) is 0 Å². The summed E-state index contributed by atoms with van der Waals surface area (Å²) in [6.45, 7) is 10.5. The van der Waals surface area contributed by atoms with Gasteiger partial charge in [-0.05, 0) is 60.3 Å². The molecular formula is C28H48N4O6S. The lowest BCUT2D eigenvalue weighted by atomic mass is 9.80. The van der Waals surface area contributed by atoms with Crippen LogP contribution in [0.4, 0.5) is 4.79 Å². The van der Waals surface area contributed by atoms with Gasteiger partial charge in [0, 0.05) is 18.3 Å². The molecule has 1 aliphatic carbocycles. The van der Waals surface area contributed by atoms with Crippen molar-refractivity contribution in [3.63, 3.8) is 0 Å². The Morgan fingerprint density at radius 1 is 1.10 bits per heavy atom. The highest BCUT2D eigenvalue weighted by molar-refractivity contribution is 7.07. The topological polar surface area (TPSA) is 150 Å². The van der Waals surface area contributed by atoms with E-state index in [0.29, 0.717) is 24.6 Å². The van der Waals surface area contributed by atoms with Crippen molar-refractivity contribution in [3.8, 4) is 0 Å². The maximum atomic E-state index is 13.6. The number of rotatable bonds is 13. The van der Waals surface area contributed by atoms with E-state index in [-0.39, 0.29) is 18.7 Å². The Hall–Kier alpha value is -2.24. The molecule has 0 unspecified atom stereocenters. The maximum Gasteiger partial charge on any atom is 0.408 e. The summed E-state index contributed by atoms with van der Waals surface area (Å²) in [5.74, 6) is -1.37. The normalized spacial score (nSPS) is 17.9. The van der Waals surface area contributed by atoms with Crippen LogP contribution in [0.1, 0.15) is 92.2 Å². The zero-order valence-electron chi connectivity index (χ0n) is 24.3. The Morgan fingerprint density at radius 2 is 1.77 bits per heavy atom. The second-order valence-corrected chi connectivity index (χ2v) is 12.9. The zero-order valence-corrected chi connectivity index (χ0v) is 25.1. The molecule has 0 bridgehead atoms. The predicted molar refractivity (Wildman–Crippen MR) is 151 cm³/mol. The highest BCUT2D eigenvalue weighted by Gasteiger charge is 2.38. The van der Waals surface area contributed by atoms with Crippen LogP contribution in [0, 0.1) is 11.8 Å². The molecule has 222 valence electrons. The minimum absolute atomic E-state index is 0.0246. The van der Waals surface area contributed by atoms with Crippen molar-refractivity contribution >= 4 is 29.2 Å². The molecule has 0 aromatic carbocycles. The molecule has 1 aromatic heterocycles. The number of hydrogen-bond donors (Lipinski definition) is 5. The Labute approximate surface area is 236 Å². The first-order chi connectivity index (χ1) is 18.2. The number of ether oxygens (including phenoxy) is 1. The lowest BCUT2D eigenvalue weighted by Gasteiger charge is -2.35. The number of hydrogen-bond acceptors (Lipinski definition) is 8. The van der Waals surface area contributed by atoms with Gasteiger partial charge in [0.2, 0.25) is 11.8 Å². The molecule has 1 aromatic rings. The number of nitrogens with zero attached hydrogens (tertiary/aromatic N) is 1. The zero-order chi connectivity index (χ0) is 29.2. The van der Waals surface area contributed by atoms with Gasteiger partial charge >= 0.3 is 6.09 Å². The van der Waals surface area contributed by atoms with E-state index >= 15 is 0 Å². The smallest absolute Gasteiger partial charge is 0.408 e. The van der Waals surface area contributed by atoms with E-state index in [1.165, 1.54) is 17.8 Å². The van der Waals surface area contributed by atoms with Crippen molar-refractivity contribution in [1.29, 1.82) is 0 Å². The number of aromatic nitrogens is 1. The second-order valence-electron chi connectivity index (χ2n) is 12.1. The standard InChI is InChI=1S/C28H48N4O6S/c1-7-29-24(34)20(28(5,6)37)15-23(33)21(13-18-11-9-8-10-12-18)31-25(35)22(14-19-16-39-17-30-19)32-26(36)38-27(2,3)4/h16-18,20-23,33,37H,7-15H2,1-6H3,(H,29,34)(H,31,35)(H,32,36)/t20-,21+,22+,23+/m1/s1. The van der Waals surface area contributed by atoms with Crippen molar-refractivity contribution in [3.05, 3.63) is 16.6 Å². The molecule has 0 spiro atoms. The van der Waals surface area contributed by atoms with Gasteiger partial charge in [-0.25, -0.2) is 9.78 Å². The average Bonchev–Trinajstić information content (AvgIpc) is 3.33. The molecule has 1 heterocycles. The highest BCUT2D eigenvalue weighted by Crippen LogP contribution is 2.30. The average molecular weight is 569 g/mol. The fourth-order valence-corrected chi connectivity index (χ4v) is 5.57. The summed E-state index contributed by atoms with van der Waals surface area (Å²) < 4.78 is 5.38. The quantitative estimate of drug-likeness (QED) is 0.245. The Balaban J connectivity index is 2.26. The van der Waals surface area contributed by atoms with Gasteiger partial charge in [0.1, 0.15) is 11.6 Å². The van der Waals surface area contributed by atoms with Crippen LogP contribution in [0.15, 0.2) is 10.9 Å². The molecule has 0 aliphatic heterocycles. The van der Waals surface area contributed by atoms with E-state index in [4.69, 9.17) is 4.74 Å². The summed E-state index contributed by atoms with van der Waals surface area (Å²) in [5.41, 5.74) is 0.201. The van der Waals surface area contributed by atoms with Crippen LogP contribution in [-0.4, -0.2) is 69.0 Å². The van der Waals surface area contributed by atoms with Gasteiger partial charge in [0.05, 0.1) is 34.9 Å². The first kappa shape index (κ1) is 33.0. The van der Waals surface area contributed by atoms with E-state index in [1.807, 2.05) is 5.38 Å². The molecule has 1 fully saturated rings. The number of aliphatic hydroxyl groups excluding tert-OH is 1. The number of thiazole rings is 1. The number of carbonyl (C=O) groups is 3. The monoisotopic (exact) mass is 568 g/mol. The molecule has 0 radical (unpaired) electrons. The first-order valence-electron chi connectivity index (χ1n) is 14.0. The van der Waals surface area contributed by atoms with Crippen LogP contribution in [0.3, 0.4) is 0 Å². The minimum Gasteiger partial charge on any atom is -0.444 e. The number of aliphatic hydroxyl groups is 2. The van der Waals surface area contributed by atoms with Gasteiger partial charge in [-0.15, -0.1) is 11.3 Å². The Kier molecular flexibility index (Phi) is 12.6. The van der Waals surface area contributed by atoms with E-state index < -0.39 is 47.3 Å². The largest absolute Gasteiger partial charge is 0.444 e. The first-order valence-corrected chi connectivity index (χ1v) is 15.0. The van der Waals surface area contributed by atoms with Gasteiger partial charge in [-0.2, -0.15) is 0 Å². The van der Waals surface area contributed by atoms with E-state index in [1.54, 1.807) is 47.1 Å². The van der Waals surface area contributed by atoms with E-state index in [2.05, 4.69) is 20.9 Å². The van der Waals surface area contributed by atoms with Crippen molar-refractivity contribution in [2.24, 2.45) is 11.8 Å². The third kappa shape index (κ3) is 11.8. The van der Waals surface area contributed by atoms with E-state index in [0.717, 1.165) is 25.7 Å². The molecule has 10 nitrogen and oxygen atoms in total. The number of carbonyl (C=O) groups excluding carboxylic acids is 3. The highest BCUT2D eigenvalue weighted by atomic mass is 32.1. The number of alkyl carbamates (subject to hydrolysis) is 1. The van der Waals surface area contributed by atoms with Crippen LogP contribution in [0.25, 0.3) is 0 Å². The summed E-state index contributed by atoms with van der Waals surface area (Å²) in [6.07, 6.45) is 4.23. The summed E-state index contributed by atoms with van der Waals surface area (Å²) >= 11 is 1.39.